The summed E-state index contributed by atoms with van der Waals surface area (Å²) in [7, 11) is 0. The zero-order chi connectivity index (χ0) is 19.4. The van der Waals surface area contributed by atoms with Gasteiger partial charge >= 0.3 is 5.69 Å². The first-order chi connectivity index (χ1) is 12.3. The molecule has 0 spiro atoms. The average Bonchev–Trinajstić information content (AvgIpc) is 2.54. The molecule has 0 radical (unpaired) electrons. The van der Waals surface area contributed by atoms with Gasteiger partial charge in [-0.25, -0.2) is 9.97 Å². The Balaban J connectivity index is 2.62. The van der Waals surface area contributed by atoms with Crippen molar-refractivity contribution < 1.29 is 4.92 Å². The van der Waals surface area contributed by atoms with Crippen molar-refractivity contribution in [3.05, 3.63) is 44.8 Å². The molecule has 1 aromatic carbocycles. The van der Waals surface area contributed by atoms with Gasteiger partial charge in [0.15, 0.2) is 0 Å². The molecule has 0 atom stereocenters. The normalized spacial score (nSPS) is 10.7. The lowest BCUT2D eigenvalue weighted by Crippen LogP contribution is -2.26. The maximum Gasteiger partial charge on any atom is 0.353 e. The Hall–Kier alpha value is -2.70. The van der Waals surface area contributed by atoms with Crippen molar-refractivity contribution >= 4 is 23.0 Å². The fraction of sp³-hybridized carbons (Fsp3) is 0.474. The van der Waals surface area contributed by atoms with Crippen LogP contribution in [0.5, 0.6) is 0 Å². The molecule has 0 unspecified atom stereocenters. The number of hydrogen-bond donors (Lipinski definition) is 1. The Morgan fingerprint density at radius 1 is 1.12 bits per heavy atom. The number of nitrogens with zero attached hydrogens (tertiary/aromatic N) is 4. The van der Waals surface area contributed by atoms with E-state index in [1.165, 1.54) is 0 Å². The van der Waals surface area contributed by atoms with Crippen molar-refractivity contribution in [3.8, 4) is 0 Å². The van der Waals surface area contributed by atoms with Crippen LogP contribution in [0.4, 0.5) is 23.0 Å². The second kappa shape index (κ2) is 8.12. The lowest BCUT2D eigenvalue weighted by atomic mass is 10.1. The van der Waals surface area contributed by atoms with Gasteiger partial charge in [-0.1, -0.05) is 24.6 Å². The Morgan fingerprint density at radius 3 is 2.23 bits per heavy atom. The Kier molecular flexibility index (Phi) is 6.13. The summed E-state index contributed by atoms with van der Waals surface area (Å²) in [6.07, 6.45) is 0.882. The lowest BCUT2D eigenvalue weighted by Gasteiger charge is -2.22. The van der Waals surface area contributed by atoms with Crippen LogP contribution in [0, 0.1) is 37.8 Å². The predicted octanol–water partition coefficient (Wildman–Crippen LogP) is 4.60. The summed E-state index contributed by atoms with van der Waals surface area (Å²) in [5.74, 6) is 1.11. The quantitative estimate of drug-likeness (QED) is 0.576. The highest BCUT2D eigenvalue weighted by molar-refractivity contribution is 5.77. The summed E-state index contributed by atoms with van der Waals surface area (Å²) >= 11 is 0. The molecule has 0 bridgehead atoms. The number of benzene rings is 1. The van der Waals surface area contributed by atoms with Crippen molar-refractivity contribution in [1.82, 2.24) is 9.97 Å². The van der Waals surface area contributed by atoms with Gasteiger partial charge in [0, 0.05) is 18.8 Å². The lowest BCUT2D eigenvalue weighted by molar-refractivity contribution is -0.383. The van der Waals surface area contributed by atoms with E-state index >= 15 is 0 Å². The molecule has 1 aromatic heterocycles. The van der Waals surface area contributed by atoms with E-state index in [1.807, 2.05) is 51.7 Å². The minimum absolute atomic E-state index is 0.0784. The van der Waals surface area contributed by atoms with Gasteiger partial charge in [-0.3, -0.25) is 10.1 Å². The fourth-order valence-electron chi connectivity index (χ4n) is 3.21. The monoisotopic (exact) mass is 357 g/mol. The van der Waals surface area contributed by atoms with Crippen molar-refractivity contribution in [1.29, 1.82) is 0 Å². The third-order valence-electron chi connectivity index (χ3n) is 4.26. The number of aryl methyl sites for hydroxylation is 4. The Morgan fingerprint density at radius 2 is 1.73 bits per heavy atom. The van der Waals surface area contributed by atoms with Crippen LogP contribution in [0.3, 0.4) is 0 Å². The fourth-order valence-corrected chi connectivity index (χ4v) is 3.21. The van der Waals surface area contributed by atoms with Crippen molar-refractivity contribution in [2.45, 2.75) is 48.0 Å². The second-order valence-corrected chi connectivity index (χ2v) is 6.53. The van der Waals surface area contributed by atoms with E-state index in [0.717, 1.165) is 28.8 Å². The molecule has 0 aliphatic carbocycles. The molecule has 1 N–H and O–H groups in total. The number of anilines is 3. The molecule has 7 heteroatoms. The van der Waals surface area contributed by atoms with Crippen LogP contribution in [-0.4, -0.2) is 28.0 Å². The Bertz CT molecular complexity index is 797. The highest BCUT2D eigenvalue weighted by atomic mass is 16.6. The van der Waals surface area contributed by atoms with E-state index in [9.17, 15) is 10.1 Å². The number of nitrogens with one attached hydrogen (secondary N) is 1. The van der Waals surface area contributed by atoms with E-state index in [-0.39, 0.29) is 11.5 Å². The van der Waals surface area contributed by atoms with Crippen LogP contribution in [0.25, 0.3) is 0 Å². The van der Waals surface area contributed by atoms with Gasteiger partial charge in [0.05, 0.1) is 4.92 Å². The highest BCUT2D eigenvalue weighted by Gasteiger charge is 2.28. The summed E-state index contributed by atoms with van der Waals surface area (Å²) in [5, 5.41) is 15.1. The van der Waals surface area contributed by atoms with Gasteiger partial charge in [-0.2, -0.15) is 0 Å². The predicted molar refractivity (Wildman–Crippen MR) is 106 cm³/mol. The topological polar surface area (TPSA) is 84.2 Å². The third kappa shape index (κ3) is 4.09. The molecule has 0 amide bonds. The first-order valence-corrected chi connectivity index (χ1v) is 8.91. The molecule has 0 saturated carbocycles. The molecule has 7 nitrogen and oxygen atoms in total. The van der Waals surface area contributed by atoms with E-state index in [2.05, 4.69) is 15.3 Å². The smallest absolute Gasteiger partial charge is 0.351 e. The summed E-state index contributed by atoms with van der Waals surface area (Å²) in [6.45, 7) is 13.1. The van der Waals surface area contributed by atoms with Gasteiger partial charge in [-0.05, 0) is 52.2 Å². The maximum absolute atomic E-state index is 11.9. The molecule has 0 aliphatic heterocycles. The molecule has 0 saturated heterocycles. The van der Waals surface area contributed by atoms with Crippen LogP contribution in [0.15, 0.2) is 12.1 Å². The Labute approximate surface area is 154 Å². The zero-order valence-electron chi connectivity index (χ0n) is 16.4. The zero-order valence-corrected chi connectivity index (χ0v) is 16.4. The van der Waals surface area contributed by atoms with E-state index in [4.69, 9.17) is 0 Å². The standard InChI is InChI=1S/C19H27N5O2/c1-7-9-23(8-2)19-17(24(25)26)18(20-15(6)21-19)22-16-13(4)10-12(3)11-14(16)5/h10-11H,7-9H2,1-6H3,(H,20,21,22). The van der Waals surface area contributed by atoms with E-state index < -0.39 is 4.92 Å². The molecule has 0 aliphatic rings. The summed E-state index contributed by atoms with van der Waals surface area (Å²) < 4.78 is 0. The highest BCUT2D eigenvalue weighted by Crippen LogP contribution is 2.36. The van der Waals surface area contributed by atoms with Crippen LogP contribution < -0.4 is 10.2 Å². The SMILES string of the molecule is CCCN(CC)c1nc(C)nc(Nc2c(C)cc(C)cc2C)c1[N+](=O)[O-]. The van der Waals surface area contributed by atoms with Gasteiger partial charge in [-0.15, -0.1) is 0 Å². The molecular formula is C19H27N5O2. The van der Waals surface area contributed by atoms with Crippen molar-refractivity contribution in [3.63, 3.8) is 0 Å². The molecule has 2 aromatic rings. The first kappa shape index (κ1) is 19.6. The van der Waals surface area contributed by atoms with Crippen LogP contribution in [0.1, 0.15) is 42.8 Å². The second-order valence-electron chi connectivity index (χ2n) is 6.53. The van der Waals surface area contributed by atoms with Gasteiger partial charge in [0.2, 0.25) is 11.6 Å². The summed E-state index contributed by atoms with van der Waals surface area (Å²) in [5.41, 5.74) is 3.97. The van der Waals surface area contributed by atoms with Crippen molar-refractivity contribution in [2.75, 3.05) is 23.3 Å². The van der Waals surface area contributed by atoms with Gasteiger partial charge in [0.1, 0.15) is 5.82 Å². The minimum Gasteiger partial charge on any atom is -0.351 e. The van der Waals surface area contributed by atoms with Gasteiger partial charge in [0.25, 0.3) is 0 Å². The molecule has 2 rings (SSSR count). The molecule has 1 heterocycles. The maximum atomic E-state index is 11.9. The molecule has 140 valence electrons. The summed E-state index contributed by atoms with van der Waals surface area (Å²) in [6, 6.07) is 4.09. The number of rotatable bonds is 7. The van der Waals surface area contributed by atoms with E-state index in [0.29, 0.717) is 24.7 Å². The largest absolute Gasteiger partial charge is 0.353 e. The van der Waals surface area contributed by atoms with Crippen LogP contribution in [-0.2, 0) is 0 Å². The van der Waals surface area contributed by atoms with Crippen LogP contribution >= 0.6 is 0 Å². The summed E-state index contributed by atoms with van der Waals surface area (Å²) in [4.78, 5) is 22.1. The van der Waals surface area contributed by atoms with Gasteiger partial charge < -0.3 is 10.2 Å². The van der Waals surface area contributed by atoms with Crippen molar-refractivity contribution in [2.24, 2.45) is 0 Å². The minimum atomic E-state index is -0.395. The first-order valence-electron chi connectivity index (χ1n) is 8.91. The molecular weight excluding hydrogens is 330 g/mol. The van der Waals surface area contributed by atoms with Crippen LogP contribution in [0.2, 0.25) is 0 Å². The molecule has 0 fully saturated rings. The average molecular weight is 357 g/mol. The number of hydrogen-bond acceptors (Lipinski definition) is 6. The molecule has 26 heavy (non-hydrogen) atoms. The third-order valence-corrected chi connectivity index (χ3v) is 4.26. The van der Waals surface area contributed by atoms with E-state index in [1.54, 1.807) is 6.92 Å². The number of nitro groups is 1. The number of aromatic nitrogens is 2.